The molecule has 0 aromatic heterocycles. The number of hydrogen-bond donors (Lipinski definition) is 2. The molecule has 2 bridgehead atoms. The highest BCUT2D eigenvalue weighted by Crippen LogP contribution is 2.57. The first-order valence-electron chi connectivity index (χ1n) is 8.71. The van der Waals surface area contributed by atoms with Gasteiger partial charge < -0.3 is 15.2 Å². The predicted molar refractivity (Wildman–Crippen MR) is 87.7 cm³/mol. The van der Waals surface area contributed by atoms with Crippen molar-refractivity contribution in [3.05, 3.63) is 0 Å². The smallest absolute Gasteiger partial charge is 0.326 e. The number of primary amides is 1. The molecule has 2 rings (SSSR count). The number of hydrazine groups is 1. The van der Waals surface area contributed by atoms with Gasteiger partial charge in [-0.3, -0.25) is 15.0 Å². The van der Waals surface area contributed by atoms with Crippen LogP contribution in [0.2, 0.25) is 0 Å². The van der Waals surface area contributed by atoms with Crippen LogP contribution in [-0.2, 0) is 28.8 Å². The molecule has 2 amide bonds. The third kappa shape index (κ3) is 3.24. The summed E-state index contributed by atoms with van der Waals surface area (Å²) in [4.78, 5) is 47.3. The average Bonchev–Trinajstić information content (AvgIpc) is 2.74. The summed E-state index contributed by atoms with van der Waals surface area (Å²) in [5, 5.41) is 1.40. The van der Waals surface area contributed by atoms with Gasteiger partial charge in [0.1, 0.15) is 5.41 Å². The lowest BCUT2D eigenvalue weighted by molar-refractivity contribution is -0.351. The molecule has 0 saturated carbocycles. The average molecular weight is 373 g/mol. The summed E-state index contributed by atoms with van der Waals surface area (Å²) in [6, 6.07) is -0.818. The van der Waals surface area contributed by atoms with Gasteiger partial charge in [-0.2, -0.15) is 5.01 Å². The molecule has 0 aromatic rings. The number of esters is 2. The number of urea groups is 1. The normalized spacial score (nSPS) is 33.5. The summed E-state index contributed by atoms with van der Waals surface area (Å²) >= 11 is 0. The Bertz CT molecular complexity index is 586. The third-order valence-corrected chi connectivity index (χ3v) is 5.14. The Hall–Kier alpha value is -1.91. The maximum atomic E-state index is 12.9. The quantitative estimate of drug-likeness (QED) is 0.498. The van der Waals surface area contributed by atoms with Crippen LogP contribution >= 0.6 is 0 Å². The Balaban J connectivity index is 2.40. The number of fused-ring (bicyclic) bond motifs is 2. The number of carbonyl (C=O) groups excluding carboxylic acids is 3. The van der Waals surface area contributed by atoms with Crippen molar-refractivity contribution in [3.63, 3.8) is 0 Å². The molecular formula is C16H27N3O7. The Morgan fingerprint density at radius 3 is 2.35 bits per heavy atom. The van der Waals surface area contributed by atoms with Crippen molar-refractivity contribution in [3.8, 4) is 0 Å². The van der Waals surface area contributed by atoms with E-state index in [1.807, 2.05) is 0 Å². The largest absolute Gasteiger partial charge is 0.466 e. The molecule has 3 N–H and O–H groups in total. The molecule has 0 spiro atoms. The van der Waals surface area contributed by atoms with Crippen molar-refractivity contribution in [1.82, 2.24) is 10.4 Å². The third-order valence-electron chi connectivity index (χ3n) is 5.14. The maximum absolute atomic E-state index is 12.9. The molecule has 2 aliphatic heterocycles. The number of hydrogen-bond acceptors (Lipinski definition) is 8. The van der Waals surface area contributed by atoms with Crippen molar-refractivity contribution in [2.75, 3.05) is 13.2 Å². The number of amides is 2. The first-order chi connectivity index (χ1) is 12.1. The van der Waals surface area contributed by atoms with Gasteiger partial charge in [-0.05, 0) is 47.0 Å². The zero-order valence-corrected chi connectivity index (χ0v) is 15.6. The second-order valence-electron chi connectivity index (χ2n) is 6.74. The highest BCUT2D eigenvalue weighted by Gasteiger charge is 2.71. The van der Waals surface area contributed by atoms with Crippen molar-refractivity contribution in [1.29, 1.82) is 0 Å². The van der Waals surface area contributed by atoms with Crippen LogP contribution in [0, 0.1) is 5.41 Å². The minimum Gasteiger partial charge on any atom is -0.466 e. The molecule has 26 heavy (non-hydrogen) atoms. The number of carbonyl (C=O) groups is 3. The van der Waals surface area contributed by atoms with E-state index in [0.717, 1.165) is 0 Å². The molecule has 3 unspecified atom stereocenters. The predicted octanol–water partition coefficient (Wildman–Crippen LogP) is 0.953. The lowest BCUT2D eigenvalue weighted by Crippen LogP contribution is -2.72. The molecule has 2 aliphatic rings. The number of ether oxygens (including phenoxy) is 2. The molecule has 0 aliphatic carbocycles. The van der Waals surface area contributed by atoms with Gasteiger partial charge in [0.2, 0.25) is 0 Å². The second kappa shape index (κ2) is 7.37. The van der Waals surface area contributed by atoms with E-state index in [4.69, 9.17) is 25.0 Å². The molecule has 148 valence electrons. The first-order valence-corrected chi connectivity index (χ1v) is 8.71. The fourth-order valence-corrected chi connectivity index (χ4v) is 3.72. The molecule has 2 fully saturated rings. The summed E-state index contributed by atoms with van der Waals surface area (Å²) in [5.41, 5.74) is 4.11. The minimum absolute atomic E-state index is 0.00721. The van der Waals surface area contributed by atoms with Gasteiger partial charge in [0.15, 0.2) is 11.4 Å². The second-order valence-corrected chi connectivity index (χ2v) is 6.74. The number of nitrogens with zero attached hydrogens (tertiary/aromatic N) is 1. The standard InChI is InChI=1S/C16H27N3O7/c1-5-23-11(20)7-8-16(12(21)24-6-2)10-9-14(3)19(18-13(17)22)15(16,4)26-25-14/h5-10H2,1-4H3,(H3,17,18,22). The van der Waals surface area contributed by atoms with Crippen molar-refractivity contribution < 1.29 is 33.6 Å². The summed E-state index contributed by atoms with van der Waals surface area (Å²) in [6.45, 7) is 7.13. The van der Waals surface area contributed by atoms with E-state index in [1.165, 1.54) is 5.01 Å². The van der Waals surface area contributed by atoms with Gasteiger partial charge in [0, 0.05) is 6.42 Å². The monoisotopic (exact) mass is 373 g/mol. The fourth-order valence-electron chi connectivity index (χ4n) is 3.72. The lowest BCUT2D eigenvalue weighted by Gasteiger charge is -2.51. The van der Waals surface area contributed by atoms with Gasteiger partial charge in [-0.15, -0.1) is 0 Å². The molecule has 0 aromatic carbocycles. The van der Waals surface area contributed by atoms with Crippen molar-refractivity contribution in [2.45, 2.75) is 64.8 Å². The Kier molecular flexibility index (Phi) is 5.79. The summed E-state index contributed by atoms with van der Waals surface area (Å²) < 4.78 is 10.3. The molecule has 10 heteroatoms. The lowest BCUT2D eigenvalue weighted by atomic mass is 9.66. The topological polar surface area (TPSA) is 129 Å². The zero-order chi connectivity index (χ0) is 19.6. The van der Waals surface area contributed by atoms with Crippen LogP contribution in [0.25, 0.3) is 0 Å². The molecule has 2 heterocycles. The van der Waals surface area contributed by atoms with E-state index in [0.29, 0.717) is 12.8 Å². The Morgan fingerprint density at radius 1 is 1.12 bits per heavy atom. The van der Waals surface area contributed by atoms with Crippen molar-refractivity contribution in [2.24, 2.45) is 11.1 Å². The minimum atomic E-state index is -1.41. The van der Waals surface area contributed by atoms with E-state index in [2.05, 4.69) is 5.43 Å². The van der Waals surface area contributed by atoms with E-state index >= 15 is 0 Å². The van der Waals surface area contributed by atoms with Crippen molar-refractivity contribution >= 4 is 18.0 Å². The van der Waals surface area contributed by atoms with Gasteiger partial charge in [0.05, 0.1) is 13.2 Å². The SMILES string of the molecule is CCOC(=O)CCC1(C(=O)OCC)CCC2(C)OOC1(C)N2NC(N)=O. The van der Waals surface area contributed by atoms with E-state index in [-0.39, 0.29) is 26.1 Å². The molecule has 10 nitrogen and oxygen atoms in total. The highest BCUT2D eigenvalue weighted by molar-refractivity contribution is 5.80. The van der Waals surface area contributed by atoms with Gasteiger partial charge in [-0.25, -0.2) is 14.6 Å². The molecule has 3 atom stereocenters. The van der Waals surface area contributed by atoms with Gasteiger partial charge in [0.25, 0.3) is 0 Å². The number of rotatable bonds is 7. The number of nitrogens with two attached hydrogens (primary N) is 1. The van der Waals surface area contributed by atoms with Crippen LogP contribution in [0.15, 0.2) is 0 Å². The first kappa shape index (κ1) is 20.4. The van der Waals surface area contributed by atoms with E-state index in [1.54, 1.807) is 27.7 Å². The van der Waals surface area contributed by atoms with Crippen LogP contribution < -0.4 is 11.2 Å². The zero-order valence-electron chi connectivity index (χ0n) is 15.6. The van der Waals surface area contributed by atoms with Crippen LogP contribution in [0.4, 0.5) is 4.79 Å². The van der Waals surface area contributed by atoms with Crippen LogP contribution in [0.3, 0.4) is 0 Å². The van der Waals surface area contributed by atoms with Crippen LogP contribution in [-0.4, -0.2) is 47.6 Å². The van der Waals surface area contributed by atoms with Crippen LogP contribution in [0.5, 0.6) is 0 Å². The highest BCUT2D eigenvalue weighted by atomic mass is 17.2. The molecular weight excluding hydrogens is 346 g/mol. The fraction of sp³-hybridized carbons (Fsp3) is 0.812. The summed E-state index contributed by atoms with van der Waals surface area (Å²) in [5.74, 6) is -0.961. The van der Waals surface area contributed by atoms with E-state index in [9.17, 15) is 14.4 Å². The number of nitrogens with one attached hydrogen (secondary N) is 1. The Labute approximate surface area is 152 Å². The van der Waals surface area contributed by atoms with Gasteiger partial charge in [-0.1, -0.05) is 0 Å². The molecule has 0 radical (unpaired) electrons. The summed E-state index contributed by atoms with van der Waals surface area (Å²) in [6.07, 6.45) is 0.796. The molecule has 2 saturated heterocycles. The van der Waals surface area contributed by atoms with Gasteiger partial charge >= 0.3 is 18.0 Å². The number of piperidine rings is 1. The maximum Gasteiger partial charge on any atom is 0.326 e. The van der Waals surface area contributed by atoms with E-state index < -0.39 is 34.8 Å². The van der Waals surface area contributed by atoms with Crippen LogP contribution in [0.1, 0.15) is 53.4 Å². The Morgan fingerprint density at radius 2 is 1.77 bits per heavy atom. The summed E-state index contributed by atoms with van der Waals surface area (Å²) in [7, 11) is 0.